The van der Waals surface area contributed by atoms with Gasteiger partial charge in [0.05, 0.1) is 23.6 Å². The van der Waals surface area contributed by atoms with E-state index in [1.807, 2.05) is 42.5 Å². The molecule has 3 aromatic rings. The van der Waals surface area contributed by atoms with E-state index in [1.54, 1.807) is 53.7 Å². The van der Waals surface area contributed by atoms with Crippen LogP contribution in [0.4, 0.5) is 0 Å². The highest BCUT2D eigenvalue weighted by Crippen LogP contribution is 2.48. The number of esters is 2. The van der Waals surface area contributed by atoms with Crippen LogP contribution in [0.3, 0.4) is 0 Å². The molecule has 0 aromatic heterocycles. The maximum Gasteiger partial charge on any atom is 0.336 e. The highest BCUT2D eigenvalue weighted by molar-refractivity contribution is 7.89. The van der Waals surface area contributed by atoms with Gasteiger partial charge < -0.3 is 14.2 Å². The molecular formula is C34H39NO7S. The van der Waals surface area contributed by atoms with Crippen molar-refractivity contribution in [1.82, 2.24) is 4.31 Å². The van der Waals surface area contributed by atoms with Crippen molar-refractivity contribution in [3.63, 3.8) is 0 Å². The summed E-state index contributed by atoms with van der Waals surface area (Å²) in [6, 6.07) is 21.7. The standard InChI is InChI=1S/C34H39NO7S/c1-32(2,3)41-30(36)28-22-34(7,31(37)42-33(4,5)6)35(43(38,39)27-20-18-26(40-8)19-21-27)29(28)25-16-14-24(15-17-25)23-12-10-9-11-13-23/h9-22,29H,1-8H3/t29-,34+/m1/s1. The first-order chi connectivity index (χ1) is 20.0. The van der Waals surface area contributed by atoms with Gasteiger partial charge >= 0.3 is 11.9 Å². The Morgan fingerprint density at radius 2 is 1.30 bits per heavy atom. The quantitative estimate of drug-likeness (QED) is 0.285. The van der Waals surface area contributed by atoms with Crippen LogP contribution in [-0.2, 0) is 29.1 Å². The molecule has 0 bridgehead atoms. The molecule has 228 valence electrons. The molecule has 0 N–H and O–H groups in total. The summed E-state index contributed by atoms with van der Waals surface area (Å²) in [5.74, 6) is -1.08. The van der Waals surface area contributed by atoms with Crippen LogP contribution in [0, 0.1) is 0 Å². The predicted molar refractivity (Wildman–Crippen MR) is 165 cm³/mol. The van der Waals surface area contributed by atoms with E-state index in [0.29, 0.717) is 11.3 Å². The van der Waals surface area contributed by atoms with Crippen LogP contribution in [0.2, 0.25) is 0 Å². The third-order valence-electron chi connectivity index (χ3n) is 6.82. The van der Waals surface area contributed by atoms with Gasteiger partial charge in [0.25, 0.3) is 0 Å². The average Bonchev–Trinajstić information content (AvgIpc) is 3.27. The Kier molecular flexibility index (Phi) is 8.64. The van der Waals surface area contributed by atoms with E-state index in [-0.39, 0.29) is 10.5 Å². The predicted octanol–water partition coefficient (Wildman–Crippen LogP) is 6.48. The van der Waals surface area contributed by atoms with Gasteiger partial charge in [-0.3, -0.25) is 0 Å². The first-order valence-electron chi connectivity index (χ1n) is 14.0. The molecule has 0 radical (unpaired) electrons. The molecule has 8 nitrogen and oxygen atoms in total. The Labute approximate surface area is 254 Å². The summed E-state index contributed by atoms with van der Waals surface area (Å²) in [4.78, 5) is 27.6. The van der Waals surface area contributed by atoms with Crippen molar-refractivity contribution in [3.8, 4) is 16.9 Å². The van der Waals surface area contributed by atoms with Crippen LogP contribution in [0.15, 0.2) is 95.4 Å². The molecule has 1 aliphatic heterocycles. The summed E-state index contributed by atoms with van der Waals surface area (Å²) in [7, 11) is -2.94. The average molecular weight is 606 g/mol. The third kappa shape index (κ3) is 6.84. The lowest BCUT2D eigenvalue weighted by atomic mass is 9.97. The van der Waals surface area contributed by atoms with E-state index in [4.69, 9.17) is 14.2 Å². The highest BCUT2D eigenvalue weighted by Gasteiger charge is 2.58. The van der Waals surface area contributed by atoms with Gasteiger partial charge in [-0.2, -0.15) is 4.31 Å². The van der Waals surface area contributed by atoms with Gasteiger partial charge in [0.1, 0.15) is 17.0 Å². The Hall–Kier alpha value is -3.95. The van der Waals surface area contributed by atoms with Crippen molar-refractivity contribution < 1.29 is 32.2 Å². The van der Waals surface area contributed by atoms with Crippen molar-refractivity contribution in [2.45, 2.75) is 76.1 Å². The Balaban J connectivity index is 1.95. The summed E-state index contributed by atoms with van der Waals surface area (Å²) < 4.78 is 46.8. The van der Waals surface area contributed by atoms with E-state index >= 15 is 0 Å². The van der Waals surface area contributed by atoms with E-state index < -0.39 is 44.7 Å². The minimum Gasteiger partial charge on any atom is -0.497 e. The van der Waals surface area contributed by atoms with Gasteiger partial charge in [-0.25, -0.2) is 18.0 Å². The maximum atomic E-state index is 14.5. The number of rotatable bonds is 7. The number of methoxy groups -OCH3 is 1. The molecule has 0 saturated carbocycles. The zero-order chi connectivity index (χ0) is 31.8. The lowest BCUT2D eigenvalue weighted by Gasteiger charge is -2.37. The summed E-state index contributed by atoms with van der Waals surface area (Å²) in [5, 5.41) is 0. The molecule has 43 heavy (non-hydrogen) atoms. The minimum absolute atomic E-state index is 0.0211. The molecule has 1 aliphatic rings. The summed E-state index contributed by atoms with van der Waals surface area (Å²) >= 11 is 0. The maximum absolute atomic E-state index is 14.5. The largest absolute Gasteiger partial charge is 0.497 e. The summed E-state index contributed by atoms with van der Waals surface area (Å²) in [6.45, 7) is 11.7. The highest BCUT2D eigenvalue weighted by atomic mass is 32.2. The minimum atomic E-state index is -4.42. The molecule has 3 aromatic carbocycles. The number of carbonyl (C=O) groups is 2. The van der Waals surface area contributed by atoms with Crippen LogP contribution in [0.1, 0.15) is 60.1 Å². The van der Waals surface area contributed by atoms with Gasteiger partial charge in [0.15, 0.2) is 5.54 Å². The lowest BCUT2D eigenvalue weighted by molar-refractivity contribution is -0.163. The smallest absolute Gasteiger partial charge is 0.336 e. The first-order valence-corrected chi connectivity index (χ1v) is 15.4. The van der Waals surface area contributed by atoms with Gasteiger partial charge in [-0.05, 0) is 95.5 Å². The van der Waals surface area contributed by atoms with Gasteiger partial charge in [0.2, 0.25) is 10.0 Å². The van der Waals surface area contributed by atoms with Crippen molar-refractivity contribution in [2.24, 2.45) is 0 Å². The second-order valence-corrected chi connectivity index (χ2v) is 14.4. The molecule has 0 aliphatic carbocycles. The molecule has 4 rings (SSSR count). The van der Waals surface area contributed by atoms with Crippen LogP contribution >= 0.6 is 0 Å². The summed E-state index contributed by atoms with van der Waals surface area (Å²) in [6.07, 6.45) is 1.37. The molecule has 2 atom stereocenters. The molecule has 0 amide bonds. The van der Waals surface area contributed by atoms with Crippen molar-refractivity contribution >= 4 is 22.0 Å². The fourth-order valence-corrected chi connectivity index (χ4v) is 6.78. The number of sulfonamides is 1. The first kappa shape index (κ1) is 32.0. The number of hydrogen-bond acceptors (Lipinski definition) is 7. The summed E-state index contributed by atoms with van der Waals surface area (Å²) in [5.41, 5.74) is -1.29. The van der Waals surface area contributed by atoms with Gasteiger partial charge in [0, 0.05) is 0 Å². The molecular weight excluding hydrogens is 566 g/mol. The van der Waals surface area contributed by atoms with Crippen molar-refractivity contribution in [2.75, 3.05) is 7.11 Å². The second kappa shape index (κ2) is 11.6. The fourth-order valence-electron chi connectivity index (χ4n) is 4.93. The molecule has 9 heteroatoms. The number of carbonyl (C=O) groups excluding carboxylic acids is 2. The molecule has 0 spiro atoms. The van der Waals surface area contributed by atoms with E-state index in [9.17, 15) is 18.0 Å². The Morgan fingerprint density at radius 1 is 0.767 bits per heavy atom. The number of hydrogen-bond donors (Lipinski definition) is 0. The zero-order valence-electron chi connectivity index (χ0n) is 25.9. The monoisotopic (exact) mass is 605 g/mol. The molecule has 0 unspecified atom stereocenters. The number of ether oxygens (including phenoxy) is 3. The zero-order valence-corrected chi connectivity index (χ0v) is 26.7. The second-order valence-electron chi connectivity index (χ2n) is 12.6. The van der Waals surface area contributed by atoms with Crippen LogP contribution in [0.25, 0.3) is 11.1 Å². The Bertz CT molecular complexity index is 1620. The SMILES string of the molecule is COc1ccc(S(=O)(=O)N2[C@H](c3ccc(-c4ccccc4)cc3)C(C(=O)OC(C)(C)C)=C[C@@]2(C)C(=O)OC(C)(C)C)cc1. The van der Waals surface area contributed by atoms with Crippen LogP contribution in [-0.4, -0.2) is 48.5 Å². The Morgan fingerprint density at radius 3 is 1.81 bits per heavy atom. The number of nitrogens with zero attached hydrogens (tertiary/aromatic N) is 1. The normalized spacial score (nSPS) is 19.4. The molecule has 1 heterocycles. The topological polar surface area (TPSA) is 99.2 Å². The van der Waals surface area contributed by atoms with E-state index in [2.05, 4.69) is 0 Å². The third-order valence-corrected chi connectivity index (χ3v) is 8.80. The van der Waals surface area contributed by atoms with Crippen molar-refractivity contribution in [3.05, 3.63) is 96.1 Å². The molecule has 0 fully saturated rings. The fraction of sp³-hybridized carbons (Fsp3) is 0.353. The van der Waals surface area contributed by atoms with Gasteiger partial charge in [-0.1, -0.05) is 54.6 Å². The van der Waals surface area contributed by atoms with Crippen LogP contribution < -0.4 is 4.74 Å². The lowest BCUT2D eigenvalue weighted by Crippen LogP contribution is -2.54. The van der Waals surface area contributed by atoms with E-state index in [0.717, 1.165) is 15.4 Å². The number of benzene rings is 3. The van der Waals surface area contributed by atoms with Crippen molar-refractivity contribution in [1.29, 1.82) is 0 Å². The molecule has 0 saturated heterocycles. The van der Waals surface area contributed by atoms with E-state index in [1.165, 1.54) is 44.4 Å². The van der Waals surface area contributed by atoms with Crippen LogP contribution in [0.5, 0.6) is 5.75 Å². The van der Waals surface area contributed by atoms with Gasteiger partial charge in [-0.15, -0.1) is 0 Å².